The molecule has 1 fully saturated rings. The van der Waals surface area contributed by atoms with Gasteiger partial charge >= 0.3 is 0 Å². The van der Waals surface area contributed by atoms with Gasteiger partial charge in [-0.25, -0.2) is 0 Å². The van der Waals surface area contributed by atoms with Crippen molar-refractivity contribution in [1.29, 1.82) is 0 Å². The summed E-state index contributed by atoms with van der Waals surface area (Å²) in [7, 11) is 0. The molecule has 22 heavy (non-hydrogen) atoms. The monoisotopic (exact) mass is 303 g/mol. The Kier molecular flexibility index (Phi) is 5.87. The van der Waals surface area contributed by atoms with E-state index in [0.29, 0.717) is 6.04 Å². The predicted octanol–water partition coefficient (Wildman–Crippen LogP) is 3.32. The second-order valence-corrected chi connectivity index (χ2v) is 7.10. The minimum atomic E-state index is 0.209. The maximum atomic E-state index is 2.70. The van der Waals surface area contributed by atoms with E-state index in [0.717, 1.165) is 26.2 Å². The lowest BCUT2D eigenvalue weighted by Crippen LogP contribution is -2.64. The number of nitrogens with zero attached hydrogens (tertiary/aromatic N) is 3. The van der Waals surface area contributed by atoms with Crippen LogP contribution in [0.4, 0.5) is 5.69 Å². The molecule has 1 aromatic carbocycles. The third-order valence-corrected chi connectivity index (χ3v) is 5.04. The zero-order chi connectivity index (χ0) is 16.2. The Labute approximate surface area is 136 Å². The Morgan fingerprint density at radius 2 is 1.77 bits per heavy atom. The van der Waals surface area contributed by atoms with Gasteiger partial charge in [-0.3, -0.25) is 4.90 Å². The van der Waals surface area contributed by atoms with Crippen LogP contribution in [0.3, 0.4) is 0 Å². The number of anilines is 1. The van der Waals surface area contributed by atoms with E-state index in [1.807, 2.05) is 0 Å². The molecule has 1 aliphatic rings. The van der Waals surface area contributed by atoms with Crippen molar-refractivity contribution < 1.29 is 0 Å². The molecule has 1 aromatic rings. The summed E-state index contributed by atoms with van der Waals surface area (Å²) < 4.78 is 0. The van der Waals surface area contributed by atoms with Crippen molar-refractivity contribution in [2.24, 2.45) is 0 Å². The Hall–Kier alpha value is -1.06. The maximum absolute atomic E-state index is 2.70. The van der Waals surface area contributed by atoms with Gasteiger partial charge in [0.15, 0.2) is 0 Å². The molecule has 1 heterocycles. The first-order valence-electron chi connectivity index (χ1n) is 8.77. The number of rotatable bonds is 6. The van der Waals surface area contributed by atoms with E-state index in [1.165, 1.54) is 18.8 Å². The molecule has 0 aromatic heterocycles. The molecule has 1 atom stereocenters. The summed E-state index contributed by atoms with van der Waals surface area (Å²) in [5, 5.41) is 0. The first-order valence-corrected chi connectivity index (χ1v) is 8.77. The zero-order valence-corrected chi connectivity index (χ0v) is 15.0. The van der Waals surface area contributed by atoms with Crippen LogP contribution in [-0.4, -0.2) is 60.6 Å². The van der Waals surface area contributed by atoms with E-state index in [4.69, 9.17) is 0 Å². The van der Waals surface area contributed by atoms with Crippen LogP contribution < -0.4 is 4.90 Å². The van der Waals surface area contributed by atoms with Gasteiger partial charge in [0.25, 0.3) is 0 Å². The Balaban J connectivity index is 2.03. The SMILES string of the molecule is CCN(CC)CCN1C(C)CN(c2ccccc2)CC1(C)C. The summed E-state index contributed by atoms with van der Waals surface area (Å²) >= 11 is 0. The lowest BCUT2D eigenvalue weighted by atomic mass is 9.94. The number of piperazine rings is 1. The predicted molar refractivity (Wildman–Crippen MR) is 96.7 cm³/mol. The molecular formula is C19H33N3. The lowest BCUT2D eigenvalue weighted by molar-refractivity contribution is 0.0487. The van der Waals surface area contributed by atoms with Crippen molar-refractivity contribution in [2.45, 2.75) is 46.2 Å². The average molecular weight is 303 g/mol. The molecule has 2 rings (SSSR count). The van der Waals surface area contributed by atoms with E-state index >= 15 is 0 Å². The second kappa shape index (κ2) is 7.47. The van der Waals surface area contributed by atoms with Gasteiger partial charge in [-0.05, 0) is 46.0 Å². The average Bonchev–Trinajstić information content (AvgIpc) is 2.50. The number of likely N-dealkylation sites (N-methyl/N-ethyl adjacent to an activating group) is 1. The minimum Gasteiger partial charge on any atom is -0.368 e. The van der Waals surface area contributed by atoms with Gasteiger partial charge in [-0.1, -0.05) is 32.0 Å². The zero-order valence-electron chi connectivity index (χ0n) is 15.0. The van der Waals surface area contributed by atoms with E-state index in [9.17, 15) is 0 Å². The van der Waals surface area contributed by atoms with Gasteiger partial charge in [-0.2, -0.15) is 0 Å². The third kappa shape index (κ3) is 4.02. The summed E-state index contributed by atoms with van der Waals surface area (Å²) in [5.41, 5.74) is 1.56. The minimum absolute atomic E-state index is 0.209. The summed E-state index contributed by atoms with van der Waals surface area (Å²) in [6.07, 6.45) is 0. The first-order chi connectivity index (χ1) is 10.5. The van der Waals surface area contributed by atoms with E-state index < -0.39 is 0 Å². The maximum Gasteiger partial charge on any atom is 0.0367 e. The number of para-hydroxylation sites is 1. The highest BCUT2D eigenvalue weighted by molar-refractivity contribution is 5.47. The van der Waals surface area contributed by atoms with Gasteiger partial charge < -0.3 is 9.80 Å². The van der Waals surface area contributed by atoms with Crippen molar-refractivity contribution in [3.05, 3.63) is 30.3 Å². The fourth-order valence-electron chi connectivity index (χ4n) is 3.78. The van der Waals surface area contributed by atoms with Crippen molar-refractivity contribution >= 4 is 5.69 Å². The number of hydrogen-bond donors (Lipinski definition) is 0. The van der Waals surface area contributed by atoms with Crippen LogP contribution in [-0.2, 0) is 0 Å². The van der Waals surface area contributed by atoms with Crippen LogP contribution in [0.15, 0.2) is 30.3 Å². The second-order valence-electron chi connectivity index (χ2n) is 7.10. The molecule has 1 aliphatic heterocycles. The van der Waals surface area contributed by atoms with Crippen LogP contribution in [0.25, 0.3) is 0 Å². The fourth-order valence-corrected chi connectivity index (χ4v) is 3.78. The van der Waals surface area contributed by atoms with Crippen LogP contribution >= 0.6 is 0 Å². The van der Waals surface area contributed by atoms with E-state index in [1.54, 1.807) is 0 Å². The normalized spacial score (nSPS) is 22.3. The summed E-state index contributed by atoms with van der Waals surface area (Å²) in [4.78, 5) is 7.76. The third-order valence-electron chi connectivity index (χ3n) is 5.04. The van der Waals surface area contributed by atoms with Crippen LogP contribution in [0.1, 0.15) is 34.6 Å². The highest BCUT2D eigenvalue weighted by atomic mass is 15.3. The van der Waals surface area contributed by atoms with Gasteiger partial charge in [0.05, 0.1) is 0 Å². The van der Waals surface area contributed by atoms with Crippen LogP contribution in [0.2, 0.25) is 0 Å². The molecule has 0 radical (unpaired) electrons. The lowest BCUT2D eigenvalue weighted by Gasteiger charge is -2.52. The molecule has 0 amide bonds. The van der Waals surface area contributed by atoms with E-state index in [-0.39, 0.29) is 5.54 Å². The highest BCUT2D eigenvalue weighted by Crippen LogP contribution is 2.28. The van der Waals surface area contributed by atoms with Gasteiger partial charge in [-0.15, -0.1) is 0 Å². The molecule has 3 nitrogen and oxygen atoms in total. The van der Waals surface area contributed by atoms with Crippen molar-refractivity contribution in [3.63, 3.8) is 0 Å². The highest BCUT2D eigenvalue weighted by Gasteiger charge is 2.37. The van der Waals surface area contributed by atoms with Crippen LogP contribution in [0.5, 0.6) is 0 Å². The first kappa shape index (κ1) is 17.3. The molecule has 0 spiro atoms. The number of benzene rings is 1. The Morgan fingerprint density at radius 3 is 2.32 bits per heavy atom. The van der Waals surface area contributed by atoms with Crippen molar-refractivity contribution in [1.82, 2.24) is 9.80 Å². The standard InChI is InChI=1S/C19H33N3/c1-6-20(7-2)13-14-22-17(3)15-21(16-19(22,4)5)18-11-9-8-10-12-18/h8-12,17H,6-7,13-16H2,1-5H3. The fraction of sp³-hybridized carbons (Fsp3) is 0.684. The molecule has 1 saturated heterocycles. The smallest absolute Gasteiger partial charge is 0.0367 e. The topological polar surface area (TPSA) is 9.72 Å². The Bertz CT molecular complexity index is 439. The van der Waals surface area contributed by atoms with Gasteiger partial charge in [0, 0.05) is 43.4 Å². The Morgan fingerprint density at radius 1 is 1.14 bits per heavy atom. The molecular weight excluding hydrogens is 270 g/mol. The largest absolute Gasteiger partial charge is 0.368 e. The molecule has 0 saturated carbocycles. The summed E-state index contributed by atoms with van der Waals surface area (Å²) in [5.74, 6) is 0. The molecule has 0 aliphatic carbocycles. The van der Waals surface area contributed by atoms with Gasteiger partial charge in [0.1, 0.15) is 0 Å². The summed E-state index contributed by atoms with van der Waals surface area (Å²) in [6, 6.07) is 11.4. The number of hydrogen-bond acceptors (Lipinski definition) is 3. The molecule has 0 N–H and O–H groups in total. The van der Waals surface area contributed by atoms with E-state index in [2.05, 4.69) is 79.7 Å². The molecule has 3 heteroatoms. The molecule has 0 bridgehead atoms. The molecule has 1 unspecified atom stereocenters. The van der Waals surface area contributed by atoms with Crippen molar-refractivity contribution in [3.8, 4) is 0 Å². The summed E-state index contributed by atoms with van der Waals surface area (Å²) in [6.45, 7) is 18.5. The van der Waals surface area contributed by atoms with Gasteiger partial charge in [0.2, 0.25) is 0 Å². The van der Waals surface area contributed by atoms with Crippen molar-refractivity contribution in [2.75, 3.05) is 44.2 Å². The molecule has 124 valence electrons. The quantitative estimate of drug-likeness (QED) is 0.798. The van der Waals surface area contributed by atoms with Crippen LogP contribution in [0, 0.1) is 0 Å².